The van der Waals surface area contributed by atoms with Gasteiger partial charge in [-0.15, -0.1) is 0 Å². The van der Waals surface area contributed by atoms with Crippen molar-refractivity contribution < 1.29 is 14.2 Å². The van der Waals surface area contributed by atoms with Crippen LogP contribution in [0.1, 0.15) is 33.6 Å². The Morgan fingerprint density at radius 1 is 1.08 bits per heavy atom. The van der Waals surface area contributed by atoms with E-state index in [-0.39, 0.29) is 12.4 Å². The Hall–Kier alpha value is -0.120. The predicted molar refractivity (Wildman–Crippen MR) is 52.7 cm³/mol. The Bertz CT molecular complexity index is 105. The maximum absolute atomic E-state index is 5.47. The van der Waals surface area contributed by atoms with E-state index in [1.54, 1.807) is 14.2 Å². The molecule has 3 atom stereocenters. The minimum Gasteiger partial charge on any atom is -0.381 e. The first kappa shape index (κ1) is 12.9. The van der Waals surface area contributed by atoms with Crippen LogP contribution in [0, 0.1) is 0 Å². The highest BCUT2D eigenvalue weighted by Crippen LogP contribution is 2.21. The fourth-order valence-electron chi connectivity index (χ4n) is 1.40. The van der Waals surface area contributed by atoms with E-state index in [0.29, 0.717) is 6.10 Å². The van der Waals surface area contributed by atoms with Gasteiger partial charge in [0.2, 0.25) is 0 Å². The van der Waals surface area contributed by atoms with Crippen LogP contribution in [-0.4, -0.2) is 32.7 Å². The Balaban J connectivity index is 0.000000671. The van der Waals surface area contributed by atoms with E-state index in [1.807, 2.05) is 20.8 Å². The maximum Gasteiger partial charge on any atom is 0.160 e. The van der Waals surface area contributed by atoms with Crippen LogP contribution in [0.3, 0.4) is 0 Å². The molecule has 0 aromatic heterocycles. The quantitative estimate of drug-likeness (QED) is 0.668. The van der Waals surface area contributed by atoms with Gasteiger partial charge in [0.05, 0.1) is 12.2 Å². The summed E-state index contributed by atoms with van der Waals surface area (Å²) in [7, 11) is 3.39. The molecule has 0 saturated carbocycles. The van der Waals surface area contributed by atoms with Crippen molar-refractivity contribution in [1.82, 2.24) is 0 Å². The van der Waals surface area contributed by atoms with Crippen LogP contribution in [0.25, 0.3) is 0 Å². The van der Waals surface area contributed by atoms with Crippen LogP contribution in [0.2, 0.25) is 0 Å². The van der Waals surface area contributed by atoms with Gasteiger partial charge in [0.15, 0.2) is 6.29 Å². The maximum atomic E-state index is 5.47. The minimum atomic E-state index is -0.0799. The van der Waals surface area contributed by atoms with E-state index in [2.05, 4.69) is 0 Å². The molecular formula is C10H22O3. The van der Waals surface area contributed by atoms with Crippen molar-refractivity contribution in [3.8, 4) is 0 Å². The largest absolute Gasteiger partial charge is 0.381 e. The zero-order valence-electron chi connectivity index (χ0n) is 9.37. The normalized spacial score (nSPS) is 33.5. The van der Waals surface area contributed by atoms with Crippen LogP contribution in [0.5, 0.6) is 0 Å². The van der Waals surface area contributed by atoms with Gasteiger partial charge in [-0.2, -0.15) is 0 Å². The lowest BCUT2D eigenvalue weighted by molar-refractivity contribution is -0.202. The van der Waals surface area contributed by atoms with Crippen LogP contribution in [-0.2, 0) is 14.2 Å². The molecule has 0 spiro atoms. The summed E-state index contributed by atoms with van der Waals surface area (Å²) >= 11 is 0. The highest BCUT2D eigenvalue weighted by molar-refractivity contribution is 4.70. The van der Waals surface area contributed by atoms with E-state index >= 15 is 0 Å². The number of hydrogen-bond donors (Lipinski definition) is 0. The molecule has 0 bridgehead atoms. The molecule has 1 aliphatic rings. The van der Waals surface area contributed by atoms with E-state index in [4.69, 9.17) is 14.2 Å². The summed E-state index contributed by atoms with van der Waals surface area (Å²) in [5.74, 6) is 0. The first-order chi connectivity index (χ1) is 6.26. The molecule has 1 aliphatic heterocycles. The third-order valence-corrected chi connectivity index (χ3v) is 2.03. The number of ether oxygens (including phenoxy) is 3. The number of hydrogen-bond acceptors (Lipinski definition) is 3. The molecule has 80 valence electrons. The van der Waals surface area contributed by atoms with Crippen molar-refractivity contribution in [3.63, 3.8) is 0 Å². The molecule has 0 aromatic carbocycles. The zero-order valence-corrected chi connectivity index (χ0v) is 9.37. The lowest BCUT2D eigenvalue weighted by Gasteiger charge is -2.31. The Kier molecular flexibility index (Phi) is 7.23. The van der Waals surface area contributed by atoms with Crippen molar-refractivity contribution >= 4 is 0 Å². The topological polar surface area (TPSA) is 27.7 Å². The Morgan fingerprint density at radius 2 is 1.69 bits per heavy atom. The van der Waals surface area contributed by atoms with Gasteiger partial charge >= 0.3 is 0 Å². The van der Waals surface area contributed by atoms with Crippen LogP contribution < -0.4 is 0 Å². The molecule has 1 heterocycles. The molecule has 1 rings (SSSR count). The molecule has 0 aromatic rings. The molecule has 3 nitrogen and oxygen atoms in total. The van der Waals surface area contributed by atoms with Gasteiger partial charge in [-0.3, -0.25) is 0 Å². The SMILES string of the molecule is CC.COC1CC(C)O[C@@H](OC)C1. The monoisotopic (exact) mass is 190 g/mol. The highest BCUT2D eigenvalue weighted by atomic mass is 16.7. The van der Waals surface area contributed by atoms with E-state index < -0.39 is 0 Å². The van der Waals surface area contributed by atoms with Gasteiger partial charge in [-0.05, 0) is 13.3 Å². The van der Waals surface area contributed by atoms with Gasteiger partial charge in [-0.25, -0.2) is 0 Å². The molecule has 1 fully saturated rings. The summed E-state index contributed by atoms with van der Waals surface area (Å²) in [6.07, 6.45) is 2.28. The molecule has 0 aliphatic carbocycles. The molecule has 0 N–H and O–H groups in total. The van der Waals surface area contributed by atoms with Crippen molar-refractivity contribution in [2.45, 2.75) is 52.1 Å². The summed E-state index contributed by atoms with van der Waals surface area (Å²) < 4.78 is 15.8. The zero-order chi connectivity index (χ0) is 10.3. The second kappa shape index (κ2) is 7.30. The Labute approximate surface area is 81.4 Å². The lowest BCUT2D eigenvalue weighted by Crippen LogP contribution is -2.35. The second-order valence-electron chi connectivity index (χ2n) is 2.94. The van der Waals surface area contributed by atoms with Crippen molar-refractivity contribution in [1.29, 1.82) is 0 Å². The van der Waals surface area contributed by atoms with Gasteiger partial charge in [0.1, 0.15) is 0 Å². The smallest absolute Gasteiger partial charge is 0.160 e. The van der Waals surface area contributed by atoms with Gasteiger partial charge in [0, 0.05) is 20.6 Å². The van der Waals surface area contributed by atoms with Gasteiger partial charge in [0.25, 0.3) is 0 Å². The van der Waals surface area contributed by atoms with Crippen LogP contribution in [0.15, 0.2) is 0 Å². The van der Waals surface area contributed by atoms with E-state index in [1.165, 1.54) is 0 Å². The van der Waals surface area contributed by atoms with Gasteiger partial charge < -0.3 is 14.2 Å². The van der Waals surface area contributed by atoms with Crippen molar-refractivity contribution in [2.75, 3.05) is 14.2 Å². The lowest BCUT2D eigenvalue weighted by atomic mass is 10.1. The van der Waals surface area contributed by atoms with Crippen LogP contribution in [0.4, 0.5) is 0 Å². The fourth-order valence-corrected chi connectivity index (χ4v) is 1.40. The summed E-state index contributed by atoms with van der Waals surface area (Å²) in [5.41, 5.74) is 0. The van der Waals surface area contributed by atoms with E-state index in [0.717, 1.165) is 12.8 Å². The summed E-state index contributed by atoms with van der Waals surface area (Å²) in [5, 5.41) is 0. The summed E-state index contributed by atoms with van der Waals surface area (Å²) in [6.45, 7) is 6.04. The fraction of sp³-hybridized carbons (Fsp3) is 1.00. The number of methoxy groups -OCH3 is 2. The average molecular weight is 190 g/mol. The highest BCUT2D eigenvalue weighted by Gasteiger charge is 2.26. The predicted octanol–water partition coefficient (Wildman–Crippen LogP) is 2.20. The first-order valence-electron chi connectivity index (χ1n) is 4.97. The Morgan fingerprint density at radius 3 is 2.15 bits per heavy atom. The molecule has 2 unspecified atom stereocenters. The summed E-state index contributed by atoms with van der Waals surface area (Å²) in [6, 6.07) is 0. The standard InChI is InChI=1S/C8H16O3.C2H6/c1-6-4-7(9-2)5-8(10-3)11-6;1-2/h6-8H,4-5H2,1-3H3;1-2H3/t6?,7?,8-;/m1./s1. The third kappa shape index (κ3) is 4.60. The number of rotatable bonds is 2. The summed E-state index contributed by atoms with van der Waals surface area (Å²) in [4.78, 5) is 0. The van der Waals surface area contributed by atoms with Crippen molar-refractivity contribution in [3.05, 3.63) is 0 Å². The van der Waals surface area contributed by atoms with E-state index in [9.17, 15) is 0 Å². The molecule has 3 heteroatoms. The van der Waals surface area contributed by atoms with Crippen LogP contribution >= 0.6 is 0 Å². The van der Waals surface area contributed by atoms with Crippen molar-refractivity contribution in [2.24, 2.45) is 0 Å². The first-order valence-corrected chi connectivity index (χ1v) is 4.97. The second-order valence-corrected chi connectivity index (χ2v) is 2.94. The molecule has 1 saturated heterocycles. The molecule has 0 radical (unpaired) electrons. The average Bonchev–Trinajstić information content (AvgIpc) is 2.20. The molecule has 0 amide bonds. The minimum absolute atomic E-state index is 0.0799. The molecule has 13 heavy (non-hydrogen) atoms. The van der Waals surface area contributed by atoms with Gasteiger partial charge in [-0.1, -0.05) is 13.8 Å². The molecular weight excluding hydrogens is 168 g/mol. The third-order valence-electron chi connectivity index (χ3n) is 2.03.